The number of nitrogens with one attached hydrogen (secondary N) is 3. The average Bonchev–Trinajstić information content (AvgIpc) is 2.47. The molecule has 25 heavy (non-hydrogen) atoms. The second-order valence-corrected chi connectivity index (χ2v) is 8.93. The molecule has 1 aliphatic heterocycles. The van der Waals surface area contributed by atoms with Crippen molar-refractivity contribution < 1.29 is 9.53 Å². The third kappa shape index (κ3) is 8.56. The third-order valence-corrected chi connectivity index (χ3v) is 4.07. The first kappa shape index (κ1) is 21.7. The van der Waals surface area contributed by atoms with Crippen LogP contribution in [0.2, 0.25) is 0 Å². The van der Waals surface area contributed by atoms with Crippen LogP contribution in [0.3, 0.4) is 0 Å². The van der Waals surface area contributed by atoms with E-state index in [0.717, 1.165) is 32.5 Å². The van der Waals surface area contributed by atoms with E-state index in [1.54, 1.807) is 0 Å². The first-order chi connectivity index (χ1) is 11.5. The first-order valence-corrected chi connectivity index (χ1v) is 9.47. The summed E-state index contributed by atoms with van der Waals surface area (Å²) in [7, 11) is 0. The highest BCUT2D eigenvalue weighted by Gasteiger charge is 2.35. The van der Waals surface area contributed by atoms with Gasteiger partial charge in [-0.3, -0.25) is 4.79 Å². The summed E-state index contributed by atoms with van der Waals surface area (Å²) in [5.41, 5.74) is -0.118. The smallest absolute Gasteiger partial charge is 0.242 e. The molecular formula is C19H38N4O2. The SMILES string of the molecule is CCNC(=NCC(=O)NC(C)(C)C)NCC1CCCOC1C(C)(C)C. The van der Waals surface area contributed by atoms with Gasteiger partial charge in [0.25, 0.3) is 0 Å². The Hall–Kier alpha value is -1.30. The Balaban J connectivity index is 2.61. The van der Waals surface area contributed by atoms with Crippen molar-refractivity contribution in [2.45, 2.75) is 73.0 Å². The normalized spacial score (nSPS) is 22.4. The minimum absolute atomic E-state index is 0.0710. The van der Waals surface area contributed by atoms with Gasteiger partial charge in [0, 0.05) is 31.2 Å². The molecular weight excluding hydrogens is 316 g/mol. The van der Waals surface area contributed by atoms with Crippen molar-refractivity contribution in [2.75, 3.05) is 26.2 Å². The predicted molar refractivity (Wildman–Crippen MR) is 104 cm³/mol. The number of guanidine groups is 1. The van der Waals surface area contributed by atoms with E-state index in [2.05, 4.69) is 41.7 Å². The summed E-state index contributed by atoms with van der Waals surface area (Å²) >= 11 is 0. The molecule has 0 saturated carbocycles. The second-order valence-electron chi connectivity index (χ2n) is 8.93. The van der Waals surface area contributed by atoms with Gasteiger partial charge in [-0.2, -0.15) is 0 Å². The molecule has 1 saturated heterocycles. The molecule has 0 aromatic rings. The largest absolute Gasteiger partial charge is 0.377 e. The lowest BCUT2D eigenvalue weighted by Crippen LogP contribution is -2.48. The molecule has 146 valence electrons. The Morgan fingerprint density at radius 1 is 1.16 bits per heavy atom. The molecule has 0 spiro atoms. The standard InChI is InChI=1S/C19H38N4O2/c1-8-20-17(22-13-15(24)23-19(5,6)7)21-12-14-10-9-11-25-16(14)18(2,3)4/h14,16H,8-13H2,1-7H3,(H,23,24)(H2,20,21,22). The maximum atomic E-state index is 12.0. The van der Waals surface area contributed by atoms with Crippen LogP contribution < -0.4 is 16.0 Å². The average molecular weight is 355 g/mol. The van der Waals surface area contributed by atoms with Crippen LogP contribution in [-0.4, -0.2) is 49.8 Å². The summed E-state index contributed by atoms with van der Waals surface area (Å²) in [6, 6.07) is 0. The van der Waals surface area contributed by atoms with Gasteiger partial charge in [-0.15, -0.1) is 0 Å². The molecule has 1 fully saturated rings. The molecule has 0 radical (unpaired) electrons. The molecule has 0 aromatic carbocycles. The van der Waals surface area contributed by atoms with E-state index in [0.29, 0.717) is 11.9 Å². The van der Waals surface area contributed by atoms with Gasteiger partial charge in [-0.1, -0.05) is 20.8 Å². The molecule has 6 nitrogen and oxygen atoms in total. The molecule has 2 unspecified atom stereocenters. The van der Waals surface area contributed by atoms with Crippen molar-refractivity contribution >= 4 is 11.9 Å². The Bertz CT molecular complexity index is 449. The zero-order chi connectivity index (χ0) is 19.1. The third-order valence-electron chi connectivity index (χ3n) is 4.07. The van der Waals surface area contributed by atoms with Gasteiger partial charge in [0.2, 0.25) is 5.91 Å². The van der Waals surface area contributed by atoms with E-state index in [9.17, 15) is 4.79 Å². The lowest BCUT2D eigenvalue weighted by Gasteiger charge is -2.40. The number of carbonyl (C=O) groups is 1. The summed E-state index contributed by atoms with van der Waals surface area (Å²) < 4.78 is 6.04. The summed E-state index contributed by atoms with van der Waals surface area (Å²) in [5, 5.41) is 9.53. The molecule has 3 N–H and O–H groups in total. The molecule has 1 aliphatic rings. The summed E-state index contributed by atoms with van der Waals surface area (Å²) in [6.45, 7) is 17.1. The van der Waals surface area contributed by atoms with Gasteiger partial charge in [-0.25, -0.2) is 4.99 Å². The van der Waals surface area contributed by atoms with Crippen molar-refractivity contribution in [3.63, 3.8) is 0 Å². The highest BCUT2D eigenvalue weighted by Crippen LogP contribution is 2.33. The maximum absolute atomic E-state index is 12.0. The van der Waals surface area contributed by atoms with Crippen LogP contribution in [0.1, 0.15) is 61.3 Å². The van der Waals surface area contributed by atoms with Gasteiger partial charge in [0.15, 0.2) is 5.96 Å². The first-order valence-electron chi connectivity index (χ1n) is 9.47. The number of ether oxygens (including phenoxy) is 1. The monoisotopic (exact) mass is 354 g/mol. The lowest BCUT2D eigenvalue weighted by atomic mass is 9.78. The number of amides is 1. The van der Waals surface area contributed by atoms with Crippen LogP contribution in [0, 0.1) is 11.3 Å². The molecule has 1 amide bonds. The number of hydrogen-bond donors (Lipinski definition) is 3. The number of aliphatic imine (C=N–C) groups is 1. The van der Waals surface area contributed by atoms with Crippen LogP contribution in [0.25, 0.3) is 0 Å². The van der Waals surface area contributed by atoms with Crippen molar-refractivity contribution in [3.8, 4) is 0 Å². The molecule has 0 aliphatic carbocycles. The minimum Gasteiger partial charge on any atom is -0.377 e. The van der Waals surface area contributed by atoms with E-state index in [4.69, 9.17) is 4.74 Å². The van der Waals surface area contributed by atoms with Crippen LogP contribution in [-0.2, 0) is 9.53 Å². The predicted octanol–water partition coefficient (Wildman–Crippen LogP) is 2.30. The highest BCUT2D eigenvalue weighted by molar-refractivity contribution is 5.85. The Kier molecular flexibility index (Phi) is 8.19. The van der Waals surface area contributed by atoms with E-state index < -0.39 is 0 Å². The maximum Gasteiger partial charge on any atom is 0.242 e. The molecule has 2 atom stereocenters. The van der Waals surface area contributed by atoms with Crippen LogP contribution >= 0.6 is 0 Å². The Morgan fingerprint density at radius 2 is 1.84 bits per heavy atom. The van der Waals surface area contributed by atoms with Crippen molar-refractivity contribution in [2.24, 2.45) is 16.3 Å². The van der Waals surface area contributed by atoms with Gasteiger partial charge in [0.1, 0.15) is 6.54 Å². The number of hydrogen-bond acceptors (Lipinski definition) is 3. The number of rotatable bonds is 5. The Labute approximate surface area is 153 Å². The minimum atomic E-state index is -0.238. The fourth-order valence-electron chi connectivity index (χ4n) is 3.19. The lowest BCUT2D eigenvalue weighted by molar-refractivity contribution is -0.121. The van der Waals surface area contributed by atoms with Gasteiger partial charge >= 0.3 is 0 Å². The summed E-state index contributed by atoms with van der Waals surface area (Å²) in [5.74, 6) is 1.06. The van der Waals surface area contributed by atoms with E-state index in [1.807, 2.05) is 27.7 Å². The molecule has 0 bridgehead atoms. The molecule has 1 rings (SSSR count). The van der Waals surface area contributed by atoms with E-state index >= 15 is 0 Å². The van der Waals surface area contributed by atoms with Crippen molar-refractivity contribution in [1.82, 2.24) is 16.0 Å². The van der Waals surface area contributed by atoms with Crippen LogP contribution in [0.4, 0.5) is 0 Å². The highest BCUT2D eigenvalue weighted by atomic mass is 16.5. The van der Waals surface area contributed by atoms with Gasteiger partial charge < -0.3 is 20.7 Å². The Morgan fingerprint density at radius 3 is 2.40 bits per heavy atom. The summed E-state index contributed by atoms with van der Waals surface area (Å²) in [6.07, 6.45) is 2.49. The second kappa shape index (κ2) is 9.41. The molecule has 6 heteroatoms. The zero-order valence-electron chi connectivity index (χ0n) is 17.2. The number of carbonyl (C=O) groups excluding carboxylic acids is 1. The van der Waals surface area contributed by atoms with Crippen LogP contribution in [0.5, 0.6) is 0 Å². The number of nitrogens with zero attached hydrogens (tertiary/aromatic N) is 1. The van der Waals surface area contributed by atoms with Crippen molar-refractivity contribution in [3.05, 3.63) is 0 Å². The van der Waals surface area contributed by atoms with Crippen molar-refractivity contribution in [1.29, 1.82) is 0 Å². The fourth-order valence-corrected chi connectivity index (χ4v) is 3.19. The molecule has 0 aromatic heterocycles. The van der Waals surface area contributed by atoms with E-state index in [1.165, 1.54) is 0 Å². The van der Waals surface area contributed by atoms with Gasteiger partial charge in [0.05, 0.1) is 6.10 Å². The quantitative estimate of drug-likeness (QED) is 0.523. The topological polar surface area (TPSA) is 74.8 Å². The van der Waals surface area contributed by atoms with E-state index in [-0.39, 0.29) is 29.5 Å². The van der Waals surface area contributed by atoms with Crippen LogP contribution in [0.15, 0.2) is 4.99 Å². The fraction of sp³-hybridized carbons (Fsp3) is 0.895. The zero-order valence-corrected chi connectivity index (χ0v) is 17.2. The molecule has 1 heterocycles. The van der Waals surface area contributed by atoms with Gasteiger partial charge in [-0.05, 0) is 46.0 Å². The summed E-state index contributed by atoms with van der Waals surface area (Å²) in [4.78, 5) is 16.4.